The number of hydrogen-bond donors (Lipinski definition) is 2. The summed E-state index contributed by atoms with van der Waals surface area (Å²) in [6.45, 7) is 1.64. The number of methoxy groups -OCH3 is 1. The Morgan fingerprint density at radius 1 is 0.921 bits per heavy atom. The number of benzene rings is 3. The van der Waals surface area contributed by atoms with Crippen molar-refractivity contribution in [2.24, 2.45) is 0 Å². The lowest BCUT2D eigenvalue weighted by Gasteiger charge is -2.14. The van der Waals surface area contributed by atoms with Gasteiger partial charge in [-0.1, -0.05) is 41.4 Å². The number of rotatable bonds is 11. The molecule has 0 aliphatic carbocycles. The number of alkyl carbamates (subject to hydrolysis) is 1. The molecule has 3 aromatic rings. The lowest BCUT2D eigenvalue weighted by Crippen LogP contribution is -2.31. The van der Waals surface area contributed by atoms with Gasteiger partial charge in [-0.3, -0.25) is 9.59 Å². The summed E-state index contributed by atoms with van der Waals surface area (Å²) in [4.78, 5) is 35.9. The van der Waals surface area contributed by atoms with Crippen molar-refractivity contribution in [2.75, 3.05) is 32.2 Å². The van der Waals surface area contributed by atoms with E-state index >= 15 is 0 Å². The van der Waals surface area contributed by atoms with Crippen LogP contribution in [0.3, 0.4) is 0 Å². The summed E-state index contributed by atoms with van der Waals surface area (Å²) in [5, 5.41) is 5.57. The quantitative estimate of drug-likeness (QED) is 0.281. The average molecular weight is 561 g/mol. The number of carbonyl (C=O) groups is 3. The summed E-state index contributed by atoms with van der Waals surface area (Å²) in [5.41, 5.74) is 1.59. The fourth-order valence-electron chi connectivity index (χ4n) is 3.29. The smallest absolute Gasteiger partial charge is 0.407 e. The first kappa shape index (κ1) is 28.6. The number of halogens is 2. The van der Waals surface area contributed by atoms with E-state index in [0.29, 0.717) is 29.2 Å². The number of para-hydroxylation sites is 1. The molecular weight excluding hydrogens is 535 g/mol. The Morgan fingerprint density at radius 3 is 2.29 bits per heavy atom. The van der Waals surface area contributed by atoms with E-state index in [9.17, 15) is 14.4 Å². The maximum Gasteiger partial charge on any atom is 0.407 e. The fraction of sp³-hybridized carbons (Fsp3) is 0.222. The van der Waals surface area contributed by atoms with Crippen LogP contribution in [0.1, 0.15) is 22.8 Å². The molecule has 0 heterocycles. The average Bonchev–Trinajstić information content (AvgIpc) is 2.90. The highest BCUT2D eigenvalue weighted by atomic mass is 35.5. The van der Waals surface area contributed by atoms with E-state index in [1.54, 1.807) is 43.3 Å². The second-order valence-corrected chi connectivity index (χ2v) is 8.53. The van der Waals surface area contributed by atoms with Crippen molar-refractivity contribution in [1.29, 1.82) is 0 Å². The Kier molecular flexibility index (Phi) is 10.6. The SMILES string of the molecule is CCOC(=O)CNC(=O)OCCc1cc(Cl)c(Oc2ccc(OC)c(C(=O)Nc3ccccc3)c2)c(Cl)c1. The molecule has 2 amide bonds. The van der Waals surface area contributed by atoms with Gasteiger partial charge in [0.1, 0.15) is 18.0 Å². The molecule has 0 spiro atoms. The third kappa shape index (κ3) is 8.29. The van der Waals surface area contributed by atoms with Gasteiger partial charge in [-0.05, 0) is 55.0 Å². The van der Waals surface area contributed by atoms with E-state index in [-0.39, 0.29) is 47.0 Å². The van der Waals surface area contributed by atoms with Crippen molar-refractivity contribution < 1.29 is 33.3 Å². The predicted octanol–water partition coefficient (Wildman–Crippen LogP) is 5.88. The summed E-state index contributed by atoms with van der Waals surface area (Å²) in [6, 6.07) is 17.0. The molecule has 0 aliphatic heterocycles. The molecule has 0 aromatic heterocycles. The highest BCUT2D eigenvalue weighted by Gasteiger charge is 2.17. The molecule has 0 aliphatic rings. The zero-order chi connectivity index (χ0) is 27.5. The number of hydrogen-bond acceptors (Lipinski definition) is 7. The first-order valence-electron chi connectivity index (χ1n) is 11.6. The van der Waals surface area contributed by atoms with Crippen LogP contribution in [0.15, 0.2) is 60.7 Å². The lowest BCUT2D eigenvalue weighted by atomic mass is 10.1. The zero-order valence-corrected chi connectivity index (χ0v) is 22.2. The highest BCUT2D eigenvalue weighted by molar-refractivity contribution is 6.37. The normalized spacial score (nSPS) is 10.3. The van der Waals surface area contributed by atoms with Crippen LogP contribution in [0.2, 0.25) is 10.0 Å². The molecule has 3 rings (SSSR count). The van der Waals surface area contributed by atoms with Gasteiger partial charge in [0.05, 0.1) is 35.9 Å². The molecule has 0 saturated carbocycles. The van der Waals surface area contributed by atoms with Crippen molar-refractivity contribution in [1.82, 2.24) is 5.32 Å². The third-order valence-electron chi connectivity index (χ3n) is 5.03. The van der Waals surface area contributed by atoms with E-state index < -0.39 is 12.1 Å². The van der Waals surface area contributed by atoms with Gasteiger partial charge in [0.2, 0.25) is 0 Å². The molecule has 0 radical (unpaired) electrons. The van der Waals surface area contributed by atoms with E-state index in [4.69, 9.17) is 42.1 Å². The molecule has 2 N–H and O–H groups in total. The molecule has 0 atom stereocenters. The van der Waals surface area contributed by atoms with Crippen molar-refractivity contribution in [3.63, 3.8) is 0 Å². The number of carbonyl (C=O) groups excluding carboxylic acids is 3. The third-order valence-corrected chi connectivity index (χ3v) is 5.59. The molecule has 3 aromatic carbocycles. The van der Waals surface area contributed by atoms with Gasteiger partial charge >= 0.3 is 12.1 Å². The summed E-state index contributed by atoms with van der Waals surface area (Å²) < 4.78 is 21.0. The minimum Gasteiger partial charge on any atom is -0.496 e. The number of esters is 1. The van der Waals surface area contributed by atoms with Crippen molar-refractivity contribution in [3.05, 3.63) is 81.8 Å². The molecular formula is C27H26Cl2N2O7. The van der Waals surface area contributed by atoms with Crippen molar-refractivity contribution >= 4 is 46.9 Å². The summed E-state index contributed by atoms with van der Waals surface area (Å²) in [7, 11) is 1.47. The summed E-state index contributed by atoms with van der Waals surface area (Å²) in [6.07, 6.45) is -0.430. The number of amides is 2. The van der Waals surface area contributed by atoms with Crippen molar-refractivity contribution in [3.8, 4) is 17.2 Å². The van der Waals surface area contributed by atoms with Gasteiger partial charge in [0.25, 0.3) is 5.91 Å². The van der Waals surface area contributed by atoms with Crippen LogP contribution < -0.4 is 20.1 Å². The van der Waals surface area contributed by atoms with Gasteiger partial charge in [0.15, 0.2) is 5.75 Å². The monoisotopic (exact) mass is 560 g/mol. The Hall–Kier alpha value is -3.95. The van der Waals surface area contributed by atoms with Crippen LogP contribution in [-0.4, -0.2) is 44.8 Å². The van der Waals surface area contributed by atoms with E-state index in [2.05, 4.69) is 10.6 Å². The number of nitrogens with one attached hydrogen (secondary N) is 2. The first-order chi connectivity index (χ1) is 18.3. The number of anilines is 1. The predicted molar refractivity (Wildman–Crippen MR) is 144 cm³/mol. The molecule has 11 heteroatoms. The fourth-order valence-corrected chi connectivity index (χ4v) is 3.90. The minimum atomic E-state index is -0.748. The van der Waals surface area contributed by atoms with Crippen LogP contribution >= 0.6 is 23.2 Å². The molecule has 0 saturated heterocycles. The standard InChI is InChI=1S/C27H26Cl2N2O7/c1-3-36-24(32)16-30-27(34)37-12-11-17-13-21(28)25(22(29)14-17)38-19-9-10-23(35-2)20(15-19)26(33)31-18-7-5-4-6-8-18/h4-10,13-15H,3,11-12,16H2,1-2H3,(H,30,34)(H,31,33). The molecule has 0 bridgehead atoms. The van der Waals surface area contributed by atoms with Gasteiger partial charge in [-0.2, -0.15) is 0 Å². The molecule has 0 fully saturated rings. The second-order valence-electron chi connectivity index (χ2n) is 7.72. The Labute approximate surface area is 229 Å². The van der Waals surface area contributed by atoms with Crippen LogP contribution in [-0.2, 0) is 20.7 Å². The van der Waals surface area contributed by atoms with E-state index in [0.717, 1.165) is 0 Å². The van der Waals surface area contributed by atoms with Gasteiger partial charge in [-0.15, -0.1) is 0 Å². The van der Waals surface area contributed by atoms with Crippen LogP contribution in [0.4, 0.5) is 10.5 Å². The molecule has 0 unspecified atom stereocenters. The Balaban J connectivity index is 1.64. The lowest BCUT2D eigenvalue weighted by molar-refractivity contribution is -0.141. The maximum absolute atomic E-state index is 12.9. The highest BCUT2D eigenvalue weighted by Crippen LogP contribution is 2.38. The van der Waals surface area contributed by atoms with Gasteiger partial charge in [0, 0.05) is 12.1 Å². The minimum absolute atomic E-state index is 0.0277. The van der Waals surface area contributed by atoms with Gasteiger partial charge < -0.3 is 29.6 Å². The number of ether oxygens (including phenoxy) is 4. The van der Waals surface area contributed by atoms with Crippen LogP contribution in [0, 0.1) is 0 Å². The largest absolute Gasteiger partial charge is 0.496 e. The molecule has 9 nitrogen and oxygen atoms in total. The summed E-state index contributed by atoms with van der Waals surface area (Å²) >= 11 is 12.8. The van der Waals surface area contributed by atoms with E-state index in [1.807, 2.05) is 18.2 Å². The Bertz CT molecular complexity index is 1260. The summed E-state index contributed by atoms with van der Waals surface area (Å²) in [5.74, 6) is -0.0479. The van der Waals surface area contributed by atoms with Crippen LogP contribution in [0.25, 0.3) is 0 Å². The molecule has 38 heavy (non-hydrogen) atoms. The van der Waals surface area contributed by atoms with Crippen molar-refractivity contribution in [2.45, 2.75) is 13.3 Å². The second kappa shape index (κ2) is 14.1. The first-order valence-corrected chi connectivity index (χ1v) is 12.3. The van der Waals surface area contributed by atoms with Crippen LogP contribution in [0.5, 0.6) is 17.2 Å². The molecule has 200 valence electrons. The Morgan fingerprint density at radius 2 is 1.63 bits per heavy atom. The maximum atomic E-state index is 12.9. The van der Waals surface area contributed by atoms with E-state index in [1.165, 1.54) is 13.2 Å². The van der Waals surface area contributed by atoms with Gasteiger partial charge in [-0.25, -0.2) is 4.79 Å². The topological polar surface area (TPSA) is 112 Å². The zero-order valence-electron chi connectivity index (χ0n) is 20.7.